The van der Waals surface area contributed by atoms with Crippen molar-refractivity contribution in [2.45, 2.75) is 45.1 Å². The van der Waals surface area contributed by atoms with Gasteiger partial charge in [0, 0.05) is 49.6 Å². The highest BCUT2D eigenvalue weighted by Crippen LogP contribution is 2.22. The molecule has 0 saturated carbocycles. The van der Waals surface area contributed by atoms with Crippen molar-refractivity contribution in [1.82, 2.24) is 20.5 Å². The Bertz CT molecular complexity index is 1030. The van der Waals surface area contributed by atoms with Gasteiger partial charge in [0.05, 0.1) is 6.04 Å². The molecule has 0 aliphatic carbocycles. The summed E-state index contributed by atoms with van der Waals surface area (Å²) in [6.45, 7) is 4.92. The van der Waals surface area contributed by atoms with Crippen LogP contribution in [0.4, 0.5) is 0 Å². The molecule has 2 atom stereocenters. The van der Waals surface area contributed by atoms with Crippen LogP contribution in [0.15, 0.2) is 73.1 Å². The van der Waals surface area contributed by atoms with Crippen LogP contribution in [0.3, 0.4) is 0 Å². The second-order valence-corrected chi connectivity index (χ2v) is 8.89. The normalized spacial score (nSPS) is 18.6. The number of carbonyl (C=O) groups excluding carboxylic acids is 1. The van der Waals surface area contributed by atoms with Gasteiger partial charge >= 0.3 is 0 Å². The maximum absolute atomic E-state index is 13.1. The Morgan fingerprint density at radius 2 is 1.88 bits per heavy atom. The fraction of sp³-hybridized carbons (Fsp3) is 0.308. The van der Waals surface area contributed by atoms with E-state index < -0.39 is 0 Å². The van der Waals surface area contributed by atoms with Crippen molar-refractivity contribution in [1.29, 1.82) is 0 Å². The van der Waals surface area contributed by atoms with Crippen molar-refractivity contribution in [2.75, 3.05) is 6.54 Å². The lowest BCUT2D eigenvalue weighted by molar-refractivity contribution is -0.125. The first-order valence-electron chi connectivity index (χ1n) is 11.0. The number of pyridine rings is 1. The van der Waals surface area contributed by atoms with Gasteiger partial charge < -0.3 is 10.6 Å². The number of nitrogens with zero attached hydrogens (tertiary/aromatic N) is 2. The summed E-state index contributed by atoms with van der Waals surface area (Å²) in [4.78, 5) is 19.5. The minimum absolute atomic E-state index is 0.0580. The van der Waals surface area contributed by atoms with E-state index in [1.165, 1.54) is 11.1 Å². The van der Waals surface area contributed by atoms with Gasteiger partial charge in [0.15, 0.2) is 0 Å². The average molecular weight is 449 g/mol. The van der Waals surface area contributed by atoms with Crippen LogP contribution in [0.2, 0.25) is 5.02 Å². The number of aryl methyl sites for hydroxylation is 1. The van der Waals surface area contributed by atoms with Gasteiger partial charge in [-0.15, -0.1) is 0 Å². The number of hydrogen-bond donors (Lipinski definition) is 2. The Balaban J connectivity index is 1.41. The minimum Gasteiger partial charge on any atom is -0.351 e. The topological polar surface area (TPSA) is 57.3 Å². The van der Waals surface area contributed by atoms with E-state index in [2.05, 4.69) is 51.7 Å². The number of halogens is 1. The molecule has 0 radical (unpaired) electrons. The number of carbonyl (C=O) groups is 1. The molecule has 1 aliphatic rings. The van der Waals surface area contributed by atoms with Crippen molar-refractivity contribution in [3.63, 3.8) is 0 Å². The summed E-state index contributed by atoms with van der Waals surface area (Å²) in [5.41, 5.74) is 4.67. The van der Waals surface area contributed by atoms with E-state index in [-0.39, 0.29) is 18.0 Å². The summed E-state index contributed by atoms with van der Waals surface area (Å²) in [7, 11) is 0. The molecule has 6 heteroatoms. The molecule has 1 aromatic heterocycles. The predicted molar refractivity (Wildman–Crippen MR) is 128 cm³/mol. The molecule has 2 heterocycles. The molecule has 1 amide bonds. The monoisotopic (exact) mass is 448 g/mol. The van der Waals surface area contributed by atoms with Gasteiger partial charge in [0.25, 0.3) is 0 Å². The first-order chi connectivity index (χ1) is 15.6. The van der Waals surface area contributed by atoms with Crippen LogP contribution in [0.5, 0.6) is 0 Å². The number of likely N-dealkylation sites (tertiary alicyclic amines) is 1. The molecule has 166 valence electrons. The number of hydrogen-bond acceptors (Lipinski definition) is 4. The number of amides is 1. The average Bonchev–Trinajstić information content (AvgIpc) is 3.21. The van der Waals surface area contributed by atoms with Crippen molar-refractivity contribution in [2.24, 2.45) is 0 Å². The van der Waals surface area contributed by atoms with E-state index in [1.807, 2.05) is 36.4 Å². The summed E-state index contributed by atoms with van der Waals surface area (Å²) in [6, 6.07) is 20.3. The highest BCUT2D eigenvalue weighted by atomic mass is 35.5. The van der Waals surface area contributed by atoms with E-state index in [4.69, 9.17) is 11.6 Å². The van der Waals surface area contributed by atoms with Crippen LogP contribution in [0.25, 0.3) is 0 Å². The summed E-state index contributed by atoms with van der Waals surface area (Å²) in [5, 5.41) is 7.47. The molecule has 0 bridgehead atoms. The molecule has 1 aliphatic heterocycles. The van der Waals surface area contributed by atoms with E-state index >= 15 is 0 Å². The van der Waals surface area contributed by atoms with Gasteiger partial charge in [-0.2, -0.15) is 0 Å². The third-order valence-electron chi connectivity index (χ3n) is 5.87. The maximum atomic E-state index is 13.1. The zero-order chi connectivity index (χ0) is 22.3. The Kier molecular flexibility index (Phi) is 7.53. The highest BCUT2D eigenvalue weighted by molar-refractivity contribution is 6.30. The van der Waals surface area contributed by atoms with Gasteiger partial charge in [-0.1, -0.05) is 59.6 Å². The predicted octanol–water partition coefficient (Wildman–Crippen LogP) is 4.09. The Hall–Kier alpha value is -2.73. The summed E-state index contributed by atoms with van der Waals surface area (Å²) in [6.07, 6.45) is 4.30. The second kappa shape index (κ2) is 10.7. The Morgan fingerprint density at radius 3 is 2.62 bits per heavy atom. The van der Waals surface area contributed by atoms with Gasteiger partial charge in [-0.3, -0.25) is 14.7 Å². The third kappa shape index (κ3) is 6.16. The molecule has 32 heavy (non-hydrogen) atoms. The van der Waals surface area contributed by atoms with Crippen LogP contribution in [-0.4, -0.2) is 34.4 Å². The fourth-order valence-electron chi connectivity index (χ4n) is 4.22. The number of rotatable bonds is 8. The SMILES string of the molecule is Cc1cccc(CN[C@H]2C[C@@H](C(=O)NCc3cccnc3)N(Cc3ccc(Cl)cc3)C2)c1. The molecule has 4 rings (SSSR count). The quantitative estimate of drug-likeness (QED) is 0.545. The van der Waals surface area contributed by atoms with Crippen molar-refractivity contribution in [3.8, 4) is 0 Å². The van der Waals surface area contributed by atoms with Crippen LogP contribution in [0, 0.1) is 6.92 Å². The van der Waals surface area contributed by atoms with Crippen LogP contribution < -0.4 is 10.6 Å². The Morgan fingerprint density at radius 1 is 1.06 bits per heavy atom. The highest BCUT2D eigenvalue weighted by Gasteiger charge is 2.36. The van der Waals surface area contributed by atoms with Crippen LogP contribution in [-0.2, 0) is 24.4 Å². The molecule has 3 aromatic rings. The van der Waals surface area contributed by atoms with E-state index in [1.54, 1.807) is 12.4 Å². The zero-order valence-corrected chi connectivity index (χ0v) is 19.1. The molecule has 0 spiro atoms. The van der Waals surface area contributed by atoms with Gasteiger partial charge in [0.1, 0.15) is 0 Å². The third-order valence-corrected chi connectivity index (χ3v) is 6.12. The van der Waals surface area contributed by atoms with E-state index in [0.29, 0.717) is 13.1 Å². The molecule has 2 N–H and O–H groups in total. The molecular formula is C26H29ClN4O. The van der Waals surface area contributed by atoms with Gasteiger partial charge in [-0.05, 0) is 48.2 Å². The lowest BCUT2D eigenvalue weighted by atomic mass is 10.1. The van der Waals surface area contributed by atoms with E-state index in [0.717, 1.165) is 35.7 Å². The first kappa shape index (κ1) is 22.5. The lowest BCUT2D eigenvalue weighted by Crippen LogP contribution is -2.42. The lowest BCUT2D eigenvalue weighted by Gasteiger charge is -2.23. The second-order valence-electron chi connectivity index (χ2n) is 8.45. The smallest absolute Gasteiger partial charge is 0.237 e. The molecule has 1 saturated heterocycles. The maximum Gasteiger partial charge on any atom is 0.237 e. The summed E-state index contributed by atoms with van der Waals surface area (Å²) < 4.78 is 0. The largest absolute Gasteiger partial charge is 0.351 e. The van der Waals surface area contributed by atoms with Crippen LogP contribution in [0.1, 0.15) is 28.7 Å². The van der Waals surface area contributed by atoms with Crippen molar-refractivity contribution >= 4 is 17.5 Å². The summed E-state index contributed by atoms with van der Waals surface area (Å²) in [5.74, 6) is 0.0580. The number of aromatic nitrogens is 1. The van der Waals surface area contributed by atoms with E-state index in [9.17, 15) is 4.79 Å². The first-order valence-corrected chi connectivity index (χ1v) is 11.4. The molecule has 0 unspecified atom stereocenters. The fourth-order valence-corrected chi connectivity index (χ4v) is 4.34. The van der Waals surface area contributed by atoms with Gasteiger partial charge in [-0.25, -0.2) is 0 Å². The van der Waals surface area contributed by atoms with Crippen molar-refractivity contribution in [3.05, 3.63) is 100 Å². The zero-order valence-electron chi connectivity index (χ0n) is 18.3. The standard InChI is InChI=1S/C26H29ClN4O/c1-19-4-2-5-21(12-19)15-29-24-13-25(26(32)30-16-22-6-3-11-28-14-22)31(18-24)17-20-7-9-23(27)10-8-20/h2-12,14,24-25,29H,13,15-18H2,1H3,(H,30,32)/t24-,25-/m0/s1. The van der Waals surface area contributed by atoms with Crippen molar-refractivity contribution < 1.29 is 4.79 Å². The summed E-state index contributed by atoms with van der Waals surface area (Å²) >= 11 is 6.05. The van der Waals surface area contributed by atoms with Gasteiger partial charge in [0.2, 0.25) is 5.91 Å². The number of benzene rings is 2. The Labute approximate surface area is 194 Å². The van der Waals surface area contributed by atoms with Crippen LogP contribution >= 0.6 is 11.6 Å². The molecule has 5 nitrogen and oxygen atoms in total. The minimum atomic E-state index is -0.183. The molecule has 2 aromatic carbocycles. The number of nitrogens with one attached hydrogen (secondary N) is 2. The molecule has 1 fully saturated rings. The molecular weight excluding hydrogens is 420 g/mol.